The highest BCUT2D eigenvalue weighted by Crippen LogP contribution is 2.20. The molecule has 0 spiro atoms. The van der Waals surface area contributed by atoms with Gasteiger partial charge >= 0.3 is 0 Å². The van der Waals surface area contributed by atoms with Crippen molar-refractivity contribution in [2.75, 3.05) is 7.11 Å². The van der Waals surface area contributed by atoms with Gasteiger partial charge in [0.05, 0.1) is 6.10 Å². The smallest absolute Gasteiger partial charge is 0.0758 e. The summed E-state index contributed by atoms with van der Waals surface area (Å²) in [6.07, 6.45) is 7.03. The molecule has 0 saturated heterocycles. The fraction of sp³-hybridized carbons (Fsp3) is 0.714. The van der Waals surface area contributed by atoms with Crippen molar-refractivity contribution >= 4 is 9.24 Å². The average Bonchev–Trinajstić information content (AvgIpc) is 1.88. The van der Waals surface area contributed by atoms with E-state index in [-0.39, 0.29) is 0 Å². The third-order valence-corrected chi connectivity index (χ3v) is 2.17. The van der Waals surface area contributed by atoms with E-state index in [4.69, 9.17) is 4.74 Å². The van der Waals surface area contributed by atoms with Crippen molar-refractivity contribution in [1.29, 1.82) is 0 Å². The fourth-order valence-electron chi connectivity index (χ4n) is 1.05. The molecule has 9 heavy (non-hydrogen) atoms. The van der Waals surface area contributed by atoms with Crippen LogP contribution >= 0.6 is 9.24 Å². The third kappa shape index (κ3) is 2.08. The van der Waals surface area contributed by atoms with Crippen LogP contribution in [0.5, 0.6) is 0 Å². The second-order valence-corrected chi connectivity index (χ2v) is 3.38. The Morgan fingerprint density at radius 3 is 2.89 bits per heavy atom. The van der Waals surface area contributed by atoms with Gasteiger partial charge in [-0.1, -0.05) is 12.2 Å². The molecule has 0 aromatic rings. The van der Waals surface area contributed by atoms with Crippen molar-refractivity contribution in [3.8, 4) is 0 Å². The monoisotopic (exact) mass is 144 g/mol. The molecule has 0 bridgehead atoms. The Morgan fingerprint density at radius 1 is 1.67 bits per heavy atom. The first-order valence-electron chi connectivity index (χ1n) is 3.28. The highest BCUT2D eigenvalue weighted by atomic mass is 31.0. The Morgan fingerprint density at radius 2 is 2.44 bits per heavy atom. The first kappa shape index (κ1) is 7.24. The standard InChI is InChI=1S/C7H13OP/c1-8-6-3-2-4-7(9)5-6/h2-3,6-7H,4-5,9H2,1H3. The van der Waals surface area contributed by atoms with Crippen molar-refractivity contribution in [3.05, 3.63) is 12.2 Å². The number of hydrogen-bond acceptors (Lipinski definition) is 1. The van der Waals surface area contributed by atoms with E-state index in [1.807, 2.05) is 0 Å². The normalized spacial score (nSPS) is 34.9. The van der Waals surface area contributed by atoms with Gasteiger partial charge in [0.1, 0.15) is 0 Å². The van der Waals surface area contributed by atoms with Crippen LogP contribution < -0.4 is 0 Å². The van der Waals surface area contributed by atoms with Crippen LogP contribution in [0, 0.1) is 0 Å². The fourth-order valence-corrected chi connectivity index (χ4v) is 1.48. The van der Waals surface area contributed by atoms with Crippen LogP contribution in [-0.4, -0.2) is 18.9 Å². The maximum absolute atomic E-state index is 5.16. The lowest BCUT2D eigenvalue weighted by atomic mass is 10.1. The summed E-state index contributed by atoms with van der Waals surface area (Å²) < 4.78 is 5.16. The van der Waals surface area contributed by atoms with Gasteiger partial charge in [-0.25, -0.2) is 0 Å². The molecule has 1 rings (SSSR count). The largest absolute Gasteiger partial charge is 0.377 e. The lowest BCUT2D eigenvalue weighted by Gasteiger charge is -2.19. The Bertz CT molecular complexity index is 111. The predicted octanol–water partition coefficient (Wildman–Crippen LogP) is 1.60. The highest BCUT2D eigenvalue weighted by Gasteiger charge is 2.12. The van der Waals surface area contributed by atoms with Crippen LogP contribution in [0.15, 0.2) is 12.2 Å². The van der Waals surface area contributed by atoms with E-state index >= 15 is 0 Å². The summed E-state index contributed by atoms with van der Waals surface area (Å²) in [6.45, 7) is 0. The molecule has 1 aliphatic rings. The lowest BCUT2D eigenvalue weighted by molar-refractivity contribution is 0.129. The molecule has 1 aliphatic carbocycles. The highest BCUT2D eigenvalue weighted by molar-refractivity contribution is 7.17. The van der Waals surface area contributed by atoms with Crippen molar-refractivity contribution in [2.24, 2.45) is 0 Å². The van der Waals surface area contributed by atoms with Gasteiger partial charge in [-0.05, 0) is 18.5 Å². The number of hydrogen-bond donors (Lipinski definition) is 0. The maximum atomic E-state index is 5.16. The van der Waals surface area contributed by atoms with Gasteiger partial charge in [-0.3, -0.25) is 0 Å². The average molecular weight is 144 g/mol. The van der Waals surface area contributed by atoms with Crippen molar-refractivity contribution in [2.45, 2.75) is 24.6 Å². The molecule has 0 aromatic heterocycles. The minimum absolute atomic E-state index is 0.362. The molecule has 2 heteroatoms. The zero-order chi connectivity index (χ0) is 6.69. The summed E-state index contributed by atoms with van der Waals surface area (Å²) in [7, 11) is 4.59. The van der Waals surface area contributed by atoms with E-state index < -0.39 is 0 Å². The van der Waals surface area contributed by atoms with Crippen LogP contribution in [0.3, 0.4) is 0 Å². The van der Waals surface area contributed by atoms with Crippen LogP contribution in [-0.2, 0) is 4.74 Å². The van der Waals surface area contributed by atoms with Gasteiger partial charge in [0, 0.05) is 7.11 Å². The number of rotatable bonds is 1. The number of ether oxygens (including phenoxy) is 1. The van der Waals surface area contributed by atoms with Crippen LogP contribution in [0.1, 0.15) is 12.8 Å². The molecule has 0 saturated carbocycles. The van der Waals surface area contributed by atoms with E-state index in [9.17, 15) is 0 Å². The first-order valence-corrected chi connectivity index (χ1v) is 3.94. The third-order valence-electron chi connectivity index (χ3n) is 1.63. The van der Waals surface area contributed by atoms with E-state index in [0.29, 0.717) is 6.10 Å². The maximum Gasteiger partial charge on any atom is 0.0758 e. The van der Waals surface area contributed by atoms with E-state index in [2.05, 4.69) is 21.4 Å². The van der Waals surface area contributed by atoms with Gasteiger partial charge in [0.25, 0.3) is 0 Å². The van der Waals surface area contributed by atoms with E-state index in [1.54, 1.807) is 7.11 Å². The van der Waals surface area contributed by atoms with Crippen molar-refractivity contribution in [3.63, 3.8) is 0 Å². The Labute approximate surface area is 58.7 Å². The first-order chi connectivity index (χ1) is 4.33. The molecule has 0 aromatic carbocycles. The molecule has 1 nitrogen and oxygen atoms in total. The molecule has 3 unspecified atom stereocenters. The summed E-state index contributed by atoms with van der Waals surface area (Å²) >= 11 is 0. The molecule has 3 atom stereocenters. The topological polar surface area (TPSA) is 9.23 Å². The molecular weight excluding hydrogens is 131 g/mol. The van der Waals surface area contributed by atoms with E-state index in [0.717, 1.165) is 12.1 Å². The molecule has 0 aliphatic heterocycles. The molecule has 0 heterocycles. The van der Waals surface area contributed by atoms with Gasteiger partial charge in [0.2, 0.25) is 0 Å². The second kappa shape index (κ2) is 3.34. The van der Waals surface area contributed by atoms with Crippen molar-refractivity contribution < 1.29 is 4.74 Å². The Hall–Kier alpha value is 0.130. The molecule has 0 fully saturated rings. The van der Waals surface area contributed by atoms with Gasteiger partial charge in [-0.15, -0.1) is 9.24 Å². The second-order valence-electron chi connectivity index (χ2n) is 2.43. The summed E-state index contributed by atoms with van der Waals surface area (Å²) in [6, 6.07) is 0. The van der Waals surface area contributed by atoms with Gasteiger partial charge in [-0.2, -0.15) is 0 Å². The van der Waals surface area contributed by atoms with Crippen LogP contribution in [0.4, 0.5) is 0 Å². The van der Waals surface area contributed by atoms with Crippen LogP contribution in [0.2, 0.25) is 0 Å². The molecule has 52 valence electrons. The minimum atomic E-state index is 0.362. The van der Waals surface area contributed by atoms with Crippen molar-refractivity contribution in [1.82, 2.24) is 0 Å². The predicted molar refractivity (Wildman–Crippen MR) is 42.7 cm³/mol. The summed E-state index contributed by atoms with van der Waals surface area (Å²) in [5.74, 6) is 0. The molecule has 0 radical (unpaired) electrons. The minimum Gasteiger partial charge on any atom is -0.377 e. The quantitative estimate of drug-likeness (QED) is 0.401. The number of methoxy groups -OCH3 is 1. The van der Waals surface area contributed by atoms with Crippen LogP contribution in [0.25, 0.3) is 0 Å². The zero-order valence-electron chi connectivity index (χ0n) is 5.71. The Balaban J connectivity index is 2.39. The summed E-state index contributed by atoms with van der Waals surface area (Å²) in [5, 5.41) is 0. The van der Waals surface area contributed by atoms with Gasteiger partial charge < -0.3 is 4.74 Å². The molecule has 0 N–H and O–H groups in total. The van der Waals surface area contributed by atoms with Gasteiger partial charge in [0.15, 0.2) is 0 Å². The summed E-state index contributed by atoms with van der Waals surface area (Å²) in [5.41, 5.74) is 0.722. The summed E-state index contributed by atoms with van der Waals surface area (Å²) in [4.78, 5) is 0. The molecule has 0 amide bonds. The van der Waals surface area contributed by atoms with E-state index in [1.165, 1.54) is 6.42 Å². The Kier molecular flexibility index (Phi) is 2.68. The molecular formula is C7H13OP. The lowest BCUT2D eigenvalue weighted by Crippen LogP contribution is -2.16. The number of allylic oxidation sites excluding steroid dienone is 1. The SMILES string of the molecule is COC1C=CCC(P)C1. The zero-order valence-corrected chi connectivity index (χ0v) is 6.86.